The van der Waals surface area contributed by atoms with Gasteiger partial charge in [-0.1, -0.05) is 30.3 Å². The molecular weight excluding hydrogens is 553 g/mol. The van der Waals surface area contributed by atoms with Crippen molar-refractivity contribution in [2.75, 3.05) is 0 Å². The van der Waals surface area contributed by atoms with Gasteiger partial charge in [-0.3, -0.25) is 0 Å². The van der Waals surface area contributed by atoms with Crippen molar-refractivity contribution in [3.05, 3.63) is 60.1 Å². The van der Waals surface area contributed by atoms with Crippen LogP contribution in [0.15, 0.2) is 54.5 Å². The van der Waals surface area contributed by atoms with Crippen LogP contribution in [0.2, 0.25) is 0 Å². The first-order valence-electron chi connectivity index (χ1n) is 15.6. The van der Waals surface area contributed by atoms with Crippen molar-refractivity contribution in [3.63, 3.8) is 0 Å². The Morgan fingerprint density at radius 2 is 1.61 bits per heavy atom. The summed E-state index contributed by atoms with van der Waals surface area (Å²) in [6.07, 6.45) is 15.2. The lowest BCUT2D eigenvalue weighted by molar-refractivity contribution is 0.0422. The molecule has 2 aliphatic heterocycles. The van der Waals surface area contributed by atoms with Gasteiger partial charge in [0.2, 0.25) is 0 Å². The summed E-state index contributed by atoms with van der Waals surface area (Å²) in [6, 6.07) is 10.6. The number of nitrogens with zero attached hydrogens (tertiary/aromatic N) is 1. The van der Waals surface area contributed by atoms with Crippen LogP contribution in [0.1, 0.15) is 98.0 Å². The molecule has 2 aliphatic carbocycles. The maximum atomic E-state index is 14.7. The summed E-state index contributed by atoms with van der Waals surface area (Å²) in [5.74, 6) is 1.95. The van der Waals surface area contributed by atoms with Gasteiger partial charge in [0, 0.05) is 22.7 Å². The fraction of sp³-hybridized carbons (Fsp3) is 0.697. The third kappa shape index (κ3) is 8.27. The van der Waals surface area contributed by atoms with Gasteiger partial charge in [-0.05, 0) is 116 Å². The van der Waals surface area contributed by atoms with Crippen molar-refractivity contribution in [3.8, 4) is 0 Å². The number of ether oxygens (including phenoxy) is 2. The molecule has 0 unspecified atom stereocenters. The highest BCUT2D eigenvalue weighted by Crippen LogP contribution is 2.44. The Morgan fingerprint density at radius 3 is 2.22 bits per heavy atom. The molecule has 0 spiro atoms. The maximum absolute atomic E-state index is 14.7. The fourth-order valence-electron chi connectivity index (χ4n) is 6.11. The zero-order valence-electron chi connectivity index (χ0n) is 25.6. The normalized spacial score (nSPS) is 26.5. The molecular formula is C33H50N2O4S2. The highest BCUT2D eigenvalue weighted by molar-refractivity contribution is 7.91. The monoisotopic (exact) mass is 602 g/mol. The lowest BCUT2D eigenvalue weighted by Gasteiger charge is -2.42. The van der Waals surface area contributed by atoms with Crippen molar-refractivity contribution in [1.82, 2.24) is 9.03 Å². The summed E-state index contributed by atoms with van der Waals surface area (Å²) in [5, 5.41) is 0. The second-order valence-corrected chi connectivity index (χ2v) is 18.0. The Morgan fingerprint density at radius 1 is 0.927 bits per heavy atom. The van der Waals surface area contributed by atoms with Crippen LogP contribution in [0.25, 0.3) is 0 Å². The van der Waals surface area contributed by atoms with Crippen molar-refractivity contribution in [2.24, 2.45) is 11.8 Å². The van der Waals surface area contributed by atoms with E-state index in [9.17, 15) is 9.11 Å². The molecule has 2 fully saturated rings. The van der Waals surface area contributed by atoms with Crippen LogP contribution in [-0.2, 0) is 38.7 Å². The highest BCUT2D eigenvalue weighted by Gasteiger charge is 2.51. The van der Waals surface area contributed by atoms with Gasteiger partial charge in [0.15, 0.2) is 0 Å². The Hall–Kier alpha value is -1.16. The minimum absolute atomic E-state index is 0.0138. The first-order valence-corrected chi connectivity index (χ1v) is 17.9. The van der Waals surface area contributed by atoms with Gasteiger partial charge in [-0.15, -0.1) is 9.03 Å². The zero-order chi connectivity index (χ0) is 29.2. The predicted octanol–water partition coefficient (Wildman–Crippen LogP) is 6.69. The van der Waals surface area contributed by atoms with Crippen LogP contribution in [0.5, 0.6) is 0 Å². The van der Waals surface area contributed by atoms with Crippen molar-refractivity contribution in [2.45, 2.75) is 133 Å². The Balaban J connectivity index is 1.32. The molecule has 1 N–H and O–H groups in total. The third-order valence-corrected chi connectivity index (χ3v) is 12.2. The first kappa shape index (κ1) is 31.3. The van der Waals surface area contributed by atoms with E-state index in [1.54, 1.807) is 0 Å². The summed E-state index contributed by atoms with van der Waals surface area (Å²) in [4.78, 5) is 0. The zero-order valence-corrected chi connectivity index (χ0v) is 27.2. The first-order chi connectivity index (χ1) is 19.5. The molecule has 5 rings (SSSR count). The van der Waals surface area contributed by atoms with Crippen molar-refractivity contribution < 1.29 is 18.6 Å². The average Bonchev–Trinajstić information content (AvgIpc) is 3.86. The number of rotatable bonds is 13. The van der Waals surface area contributed by atoms with Crippen molar-refractivity contribution in [1.29, 1.82) is 0 Å². The molecule has 0 bridgehead atoms. The molecule has 2 saturated carbocycles. The molecule has 41 heavy (non-hydrogen) atoms. The Bertz CT molecular complexity index is 1050. The summed E-state index contributed by atoms with van der Waals surface area (Å²) in [5.41, 5.74) is 1.17. The third-order valence-electron chi connectivity index (χ3n) is 8.71. The molecule has 1 aromatic carbocycles. The Labute approximate surface area is 254 Å². The molecule has 0 radical (unpaired) electrons. The van der Waals surface area contributed by atoms with Gasteiger partial charge in [-0.2, -0.15) is 0 Å². The largest absolute Gasteiger partial charge is 0.598 e. The molecule has 8 heteroatoms. The minimum atomic E-state index is -1.28. The second kappa shape index (κ2) is 13.2. The van der Waals surface area contributed by atoms with Crippen LogP contribution in [-0.4, -0.2) is 47.2 Å². The molecule has 0 saturated heterocycles. The van der Waals surface area contributed by atoms with E-state index >= 15 is 0 Å². The number of nitrogens with one attached hydrogen (secondary N) is 1. The van der Waals surface area contributed by atoms with Gasteiger partial charge in [-0.25, -0.2) is 0 Å². The number of hydrogen-bond donors (Lipinski definition) is 1. The molecule has 1 aromatic rings. The second-order valence-electron chi connectivity index (χ2n) is 14.0. The van der Waals surface area contributed by atoms with Gasteiger partial charge >= 0.3 is 0 Å². The predicted molar refractivity (Wildman–Crippen MR) is 168 cm³/mol. The molecule has 6 nitrogen and oxygen atoms in total. The van der Waals surface area contributed by atoms with E-state index in [0.29, 0.717) is 24.8 Å². The maximum Gasteiger partial charge on any atom is 0.146 e. The molecule has 0 aromatic heterocycles. The standard InChI is InChI=1S/C33H50N2O4S2/c1-32(2,3)40(36)34-30(25-17-18-25)28-16-11-14-27(39-28)22-33(4,5)41(37)35(23-24-12-7-6-8-13-24)31(26-19-20-26)29-15-9-10-21-38-29/h6-8,10,12-14,21,25-26,28-31,34H,9,11,15-20,22-23H2,1-5H3/t28-,29-,30+,31+,40+,41+/m0/s1. The SMILES string of the molecule is CC(C)(C)[S@@+]([O-])N[C@H](C1CC1)[C@@H]1CCC=C(CC(C)(C)[S@@+]([O-])N(Cc2ccccc2)[C@H](C2CC2)[C@@H]2CCC=CO2)O1. The van der Waals surface area contributed by atoms with Crippen LogP contribution in [0.3, 0.4) is 0 Å². The van der Waals surface area contributed by atoms with Gasteiger partial charge in [0.1, 0.15) is 21.7 Å². The van der Waals surface area contributed by atoms with Crippen LogP contribution in [0.4, 0.5) is 0 Å². The van der Waals surface area contributed by atoms with E-state index in [0.717, 1.165) is 44.3 Å². The molecule has 228 valence electrons. The summed E-state index contributed by atoms with van der Waals surface area (Å²) >= 11 is -2.42. The quantitative estimate of drug-likeness (QED) is 0.254. The van der Waals surface area contributed by atoms with Crippen molar-refractivity contribution >= 4 is 22.7 Å². The van der Waals surface area contributed by atoms with E-state index in [1.165, 1.54) is 18.4 Å². The average molecular weight is 603 g/mol. The number of benzene rings is 1. The molecule has 6 atom stereocenters. The highest BCUT2D eigenvalue weighted by atomic mass is 32.2. The van der Waals surface area contributed by atoms with E-state index < -0.39 is 27.5 Å². The van der Waals surface area contributed by atoms with Gasteiger partial charge < -0.3 is 18.6 Å². The van der Waals surface area contributed by atoms with E-state index in [1.807, 2.05) is 33.1 Å². The minimum Gasteiger partial charge on any atom is -0.598 e. The summed E-state index contributed by atoms with van der Waals surface area (Å²) in [6.45, 7) is 10.9. The number of hydrogen-bond acceptors (Lipinski definition) is 6. The van der Waals surface area contributed by atoms with Gasteiger partial charge in [0.25, 0.3) is 0 Å². The molecule has 2 heterocycles. The number of allylic oxidation sites excluding steroid dienone is 3. The smallest absolute Gasteiger partial charge is 0.146 e. The lowest BCUT2D eigenvalue weighted by Crippen LogP contribution is -2.54. The van der Waals surface area contributed by atoms with Crippen LogP contribution >= 0.6 is 0 Å². The fourth-order valence-corrected chi connectivity index (χ4v) is 8.75. The van der Waals surface area contributed by atoms with Crippen LogP contribution < -0.4 is 4.72 Å². The lowest BCUT2D eigenvalue weighted by atomic mass is 9.98. The van der Waals surface area contributed by atoms with Crippen LogP contribution in [0, 0.1) is 11.8 Å². The molecule has 4 aliphatic rings. The summed E-state index contributed by atoms with van der Waals surface area (Å²) < 4.78 is 45.3. The summed E-state index contributed by atoms with van der Waals surface area (Å²) in [7, 11) is 0. The van der Waals surface area contributed by atoms with E-state index in [-0.39, 0.29) is 29.0 Å². The van der Waals surface area contributed by atoms with Gasteiger partial charge in [0.05, 0.1) is 37.1 Å². The molecule has 0 amide bonds. The Kier molecular flexibility index (Phi) is 10.1. The topological polar surface area (TPSA) is 79.8 Å². The van der Waals surface area contributed by atoms with E-state index in [2.05, 4.69) is 59.3 Å². The van der Waals surface area contributed by atoms with E-state index in [4.69, 9.17) is 9.47 Å².